The molecule has 3 rings (SSSR count). The molecule has 0 aromatic heterocycles. The lowest BCUT2D eigenvalue weighted by Crippen LogP contribution is -2.31. The fraction of sp³-hybridized carbons (Fsp3) is 0.333. The quantitative estimate of drug-likeness (QED) is 0.737. The van der Waals surface area contributed by atoms with Crippen LogP contribution in [0.4, 0.5) is 0 Å². The van der Waals surface area contributed by atoms with Crippen LogP contribution in [-0.2, 0) is 0 Å². The molecule has 1 aliphatic rings. The summed E-state index contributed by atoms with van der Waals surface area (Å²) in [5.41, 5.74) is 0. The lowest BCUT2D eigenvalue weighted by molar-refractivity contribution is 1.30. The van der Waals surface area contributed by atoms with Gasteiger partial charge in [-0.3, -0.25) is 0 Å². The molecule has 0 bridgehead atoms. The molecule has 0 N–H and O–H groups in total. The highest BCUT2D eigenvalue weighted by Crippen LogP contribution is 2.67. The van der Waals surface area contributed by atoms with Gasteiger partial charge in [-0.1, -0.05) is 36.4 Å². The zero-order valence-electron chi connectivity index (χ0n) is 12.5. The summed E-state index contributed by atoms with van der Waals surface area (Å²) < 4.78 is 0. The zero-order valence-corrected chi connectivity index (χ0v) is 14.3. The first-order chi connectivity index (χ1) is 9.62. The normalized spacial score (nSPS) is 30.1. The van der Waals surface area contributed by atoms with Crippen molar-refractivity contribution in [3.63, 3.8) is 0 Å². The lowest BCUT2D eigenvalue weighted by Gasteiger charge is -2.34. The number of benzene rings is 2. The van der Waals surface area contributed by atoms with E-state index in [-0.39, 0.29) is 0 Å². The van der Waals surface area contributed by atoms with Crippen molar-refractivity contribution in [2.45, 2.75) is 0 Å². The van der Waals surface area contributed by atoms with Crippen LogP contribution in [0.3, 0.4) is 0 Å². The van der Waals surface area contributed by atoms with Gasteiger partial charge in [-0.15, -0.1) is 0 Å². The van der Waals surface area contributed by atoms with Gasteiger partial charge >= 0.3 is 0 Å². The van der Waals surface area contributed by atoms with E-state index in [0.29, 0.717) is 0 Å². The molecule has 0 radical (unpaired) electrons. The fourth-order valence-corrected chi connectivity index (χ4v) is 13.5. The third kappa shape index (κ3) is 2.69. The standard InChI is InChI=1S/C18H24P2/c1-19(17-9-5-3-6-10-17)13-15-20(2,16-14-19)18-11-7-4-8-12-18/h3-12H,13-16H2,1-2H3/q+2. The summed E-state index contributed by atoms with van der Waals surface area (Å²) in [6, 6.07) is 22.5. The highest BCUT2D eigenvalue weighted by atomic mass is 31.2. The molecule has 2 aromatic rings. The van der Waals surface area contributed by atoms with Crippen LogP contribution < -0.4 is 10.6 Å². The summed E-state index contributed by atoms with van der Waals surface area (Å²) in [6.45, 7) is 5.13. The van der Waals surface area contributed by atoms with Gasteiger partial charge in [0, 0.05) is 0 Å². The second-order valence-corrected chi connectivity index (χ2v) is 14.8. The van der Waals surface area contributed by atoms with Crippen molar-refractivity contribution in [1.82, 2.24) is 0 Å². The first-order valence-electron chi connectivity index (χ1n) is 7.43. The Morgan fingerprint density at radius 1 is 0.550 bits per heavy atom. The topological polar surface area (TPSA) is 0 Å². The van der Waals surface area contributed by atoms with E-state index in [2.05, 4.69) is 74.0 Å². The van der Waals surface area contributed by atoms with E-state index < -0.39 is 14.5 Å². The summed E-state index contributed by atoms with van der Waals surface area (Å²) in [4.78, 5) is 0. The van der Waals surface area contributed by atoms with Crippen LogP contribution in [0.25, 0.3) is 0 Å². The van der Waals surface area contributed by atoms with Crippen molar-refractivity contribution >= 4 is 25.1 Å². The van der Waals surface area contributed by atoms with Gasteiger partial charge in [-0.25, -0.2) is 0 Å². The third-order valence-corrected chi connectivity index (χ3v) is 13.6. The summed E-state index contributed by atoms with van der Waals surface area (Å²) in [5, 5.41) is 3.28. The number of hydrogen-bond acceptors (Lipinski definition) is 0. The van der Waals surface area contributed by atoms with E-state index in [1.54, 1.807) is 10.6 Å². The molecule has 0 saturated carbocycles. The van der Waals surface area contributed by atoms with Crippen LogP contribution in [0.2, 0.25) is 0 Å². The molecule has 1 fully saturated rings. The number of hydrogen-bond donors (Lipinski definition) is 0. The lowest BCUT2D eigenvalue weighted by atomic mass is 10.4. The monoisotopic (exact) mass is 302 g/mol. The molecule has 1 heterocycles. The maximum Gasteiger partial charge on any atom is 0.0979 e. The van der Waals surface area contributed by atoms with Crippen molar-refractivity contribution in [2.75, 3.05) is 38.0 Å². The van der Waals surface area contributed by atoms with Crippen molar-refractivity contribution in [2.24, 2.45) is 0 Å². The Kier molecular flexibility index (Phi) is 3.98. The zero-order chi connectivity index (χ0) is 14.1. The molecule has 1 aliphatic heterocycles. The van der Waals surface area contributed by atoms with Gasteiger partial charge in [0.15, 0.2) is 0 Å². The average molecular weight is 302 g/mol. The van der Waals surface area contributed by atoms with Crippen LogP contribution in [0, 0.1) is 0 Å². The van der Waals surface area contributed by atoms with Crippen LogP contribution in [0.1, 0.15) is 0 Å². The van der Waals surface area contributed by atoms with Crippen LogP contribution in [0.5, 0.6) is 0 Å². The first kappa shape index (κ1) is 14.2. The van der Waals surface area contributed by atoms with E-state index >= 15 is 0 Å². The largest absolute Gasteiger partial charge is 0.0979 e. The van der Waals surface area contributed by atoms with E-state index in [4.69, 9.17) is 0 Å². The van der Waals surface area contributed by atoms with Gasteiger partial charge in [-0.2, -0.15) is 0 Å². The van der Waals surface area contributed by atoms with Gasteiger partial charge in [-0.05, 0) is 24.3 Å². The molecule has 0 amide bonds. The van der Waals surface area contributed by atoms with Crippen molar-refractivity contribution in [3.05, 3.63) is 60.7 Å². The minimum atomic E-state index is -0.888. The second kappa shape index (κ2) is 5.59. The number of rotatable bonds is 2. The highest BCUT2D eigenvalue weighted by molar-refractivity contribution is 7.89. The van der Waals surface area contributed by atoms with E-state index in [1.807, 2.05) is 0 Å². The van der Waals surface area contributed by atoms with Gasteiger partial charge in [0.25, 0.3) is 0 Å². The maximum atomic E-state index is 2.57. The molecule has 0 spiro atoms. The Morgan fingerprint density at radius 2 is 0.850 bits per heavy atom. The van der Waals surface area contributed by atoms with Crippen LogP contribution >= 0.6 is 14.5 Å². The van der Waals surface area contributed by atoms with Gasteiger partial charge < -0.3 is 0 Å². The van der Waals surface area contributed by atoms with Crippen molar-refractivity contribution in [3.8, 4) is 0 Å². The second-order valence-electron chi connectivity index (χ2n) is 6.36. The Labute approximate surface area is 124 Å². The van der Waals surface area contributed by atoms with Gasteiger partial charge in [0.05, 0.1) is 63.1 Å². The molecular formula is C18H24P2+2. The van der Waals surface area contributed by atoms with Gasteiger partial charge in [0.2, 0.25) is 0 Å². The minimum Gasteiger partial charge on any atom is -0.0620 e. The van der Waals surface area contributed by atoms with E-state index in [1.165, 1.54) is 24.6 Å². The summed E-state index contributed by atoms with van der Waals surface area (Å²) in [6.07, 6.45) is 5.76. The molecule has 0 nitrogen and oxygen atoms in total. The molecule has 0 aliphatic carbocycles. The predicted molar refractivity (Wildman–Crippen MR) is 97.3 cm³/mol. The Morgan fingerprint density at radius 3 is 1.15 bits per heavy atom. The highest BCUT2D eigenvalue weighted by Gasteiger charge is 2.49. The summed E-state index contributed by atoms with van der Waals surface area (Å²) in [5.74, 6) is 0. The Bertz CT molecular complexity index is 501. The third-order valence-electron chi connectivity index (χ3n) is 4.93. The smallest absolute Gasteiger partial charge is 0.0620 e. The van der Waals surface area contributed by atoms with Crippen LogP contribution in [-0.4, -0.2) is 38.0 Å². The molecule has 0 unspecified atom stereocenters. The molecule has 1 saturated heterocycles. The van der Waals surface area contributed by atoms with Gasteiger partial charge in [0.1, 0.15) is 0 Å². The Hall–Kier alpha value is -0.700. The maximum absolute atomic E-state index is 2.57. The predicted octanol–water partition coefficient (Wildman–Crippen LogP) is 3.95. The average Bonchev–Trinajstić information content (AvgIpc) is 2.52. The fourth-order valence-electron chi connectivity index (χ4n) is 3.20. The minimum absolute atomic E-state index is 0.888. The molecule has 20 heavy (non-hydrogen) atoms. The van der Waals surface area contributed by atoms with Crippen LogP contribution in [0.15, 0.2) is 60.7 Å². The SMILES string of the molecule is C[P+]1(c2ccccc2)CC[P+](C)(c2ccccc2)CC1. The molecule has 2 aromatic carbocycles. The van der Waals surface area contributed by atoms with Crippen molar-refractivity contribution < 1.29 is 0 Å². The van der Waals surface area contributed by atoms with E-state index in [0.717, 1.165) is 0 Å². The molecule has 104 valence electrons. The first-order valence-corrected chi connectivity index (χ1v) is 12.6. The summed E-state index contributed by atoms with van der Waals surface area (Å²) >= 11 is 0. The van der Waals surface area contributed by atoms with Crippen molar-refractivity contribution in [1.29, 1.82) is 0 Å². The molecule has 0 atom stereocenters. The molecule has 2 heteroatoms. The molecular weight excluding hydrogens is 278 g/mol. The van der Waals surface area contributed by atoms with E-state index in [9.17, 15) is 0 Å². The Balaban J connectivity index is 1.80. The summed E-state index contributed by atoms with van der Waals surface area (Å²) in [7, 11) is -1.78.